The van der Waals surface area contributed by atoms with Crippen LogP contribution in [0.25, 0.3) is 0 Å². The molecule has 0 saturated heterocycles. The number of hydrogen-bond donors (Lipinski definition) is 2. The van der Waals surface area contributed by atoms with E-state index in [0.717, 1.165) is 4.68 Å². The maximum absolute atomic E-state index is 12.0. The van der Waals surface area contributed by atoms with Crippen molar-refractivity contribution in [2.75, 3.05) is 6.54 Å². The summed E-state index contributed by atoms with van der Waals surface area (Å²) in [5, 5.41) is 11.5. The van der Waals surface area contributed by atoms with Gasteiger partial charge in [-0.1, -0.05) is 0 Å². The second-order valence-electron chi connectivity index (χ2n) is 6.01. The van der Waals surface area contributed by atoms with E-state index in [-0.39, 0.29) is 12.1 Å². The zero-order valence-corrected chi connectivity index (χ0v) is 12.3. The van der Waals surface area contributed by atoms with Gasteiger partial charge < -0.3 is 14.7 Å². The zero-order valence-electron chi connectivity index (χ0n) is 12.3. The molecule has 1 aliphatic heterocycles. The number of carbonyl (C=O) groups is 2. The first-order chi connectivity index (χ1) is 9.67. The Labute approximate surface area is 121 Å². The molecule has 0 spiro atoms. The van der Waals surface area contributed by atoms with Gasteiger partial charge in [-0.15, -0.1) is 0 Å². The van der Waals surface area contributed by atoms with Crippen molar-refractivity contribution in [3.63, 3.8) is 0 Å². The maximum atomic E-state index is 12.0. The summed E-state index contributed by atoms with van der Waals surface area (Å²) in [6.07, 6.45) is -0.0590. The number of rotatable bonds is 2. The Morgan fingerprint density at radius 1 is 1.38 bits per heavy atom. The number of hydrogen-bond acceptors (Lipinski definition) is 4. The minimum atomic E-state index is -1.10. The standard InChI is InChI=1S/C13H19N3O5/c1-13(2,3)21-12(20)15-5-4-8-9(6-15)14-16(11(8)19)7-10(17)18/h14H,4-7H2,1-3H3,(H,17,18). The first-order valence-electron chi connectivity index (χ1n) is 6.67. The van der Waals surface area contributed by atoms with Crippen LogP contribution in [0.4, 0.5) is 4.79 Å². The van der Waals surface area contributed by atoms with Crippen molar-refractivity contribution in [1.82, 2.24) is 14.7 Å². The van der Waals surface area contributed by atoms with Crippen molar-refractivity contribution < 1.29 is 19.4 Å². The number of aromatic nitrogens is 2. The SMILES string of the molecule is CC(C)(C)OC(=O)N1CCc2c([nH]n(CC(=O)O)c2=O)C1. The lowest BCUT2D eigenvalue weighted by molar-refractivity contribution is -0.137. The van der Waals surface area contributed by atoms with Crippen LogP contribution in [0, 0.1) is 0 Å². The predicted molar refractivity (Wildman–Crippen MR) is 73.0 cm³/mol. The summed E-state index contributed by atoms with van der Waals surface area (Å²) >= 11 is 0. The number of carboxylic acid groups (broad SMARTS) is 1. The number of fused-ring (bicyclic) bond motifs is 1. The van der Waals surface area contributed by atoms with Crippen LogP contribution in [-0.2, 0) is 29.0 Å². The van der Waals surface area contributed by atoms with E-state index in [0.29, 0.717) is 24.2 Å². The molecule has 0 bridgehead atoms. The van der Waals surface area contributed by atoms with Crippen LogP contribution in [0.2, 0.25) is 0 Å². The van der Waals surface area contributed by atoms with Gasteiger partial charge in [-0.05, 0) is 27.2 Å². The Morgan fingerprint density at radius 3 is 2.62 bits per heavy atom. The molecular weight excluding hydrogens is 278 g/mol. The van der Waals surface area contributed by atoms with E-state index in [4.69, 9.17) is 9.84 Å². The van der Waals surface area contributed by atoms with E-state index >= 15 is 0 Å². The number of nitrogens with zero attached hydrogens (tertiary/aromatic N) is 2. The number of nitrogens with one attached hydrogen (secondary N) is 1. The predicted octanol–water partition coefficient (Wildman–Crippen LogP) is 0.554. The number of carbonyl (C=O) groups excluding carboxylic acids is 1. The summed E-state index contributed by atoms with van der Waals surface area (Å²) in [5.41, 5.74) is 0.186. The average molecular weight is 297 g/mol. The molecule has 1 aromatic heterocycles. The summed E-state index contributed by atoms with van der Waals surface area (Å²) in [7, 11) is 0. The molecule has 116 valence electrons. The van der Waals surface area contributed by atoms with Gasteiger partial charge in [0.1, 0.15) is 12.1 Å². The van der Waals surface area contributed by atoms with Gasteiger partial charge in [-0.2, -0.15) is 0 Å². The van der Waals surface area contributed by atoms with E-state index in [9.17, 15) is 14.4 Å². The molecule has 2 heterocycles. The van der Waals surface area contributed by atoms with Crippen LogP contribution >= 0.6 is 0 Å². The van der Waals surface area contributed by atoms with Crippen LogP contribution in [0.15, 0.2) is 4.79 Å². The minimum Gasteiger partial charge on any atom is -0.480 e. The lowest BCUT2D eigenvalue weighted by Crippen LogP contribution is -2.40. The molecule has 2 rings (SSSR count). The van der Waals surface area contributed by atoms with Crippen LogP contribution in [0.3, 0.4) is 0 Å². The maximum Gasteiger partial charge on any atom is 0.410 e. The Morgan fingerprint density at radius 2 is 2.05 bits per heavy atom. The Hall–Kier alpha value is -2.25. The quantitative estimate of drug-likeness (QED) is 0.829. The molecule has 1 aromatic rings. The molecule has 21 heavy (non-hydrogen) atoms. The van der Waals surface area contributed by atoms with Crippen molar-refractivity contribution in [2.24, 2.45) is 0 Å². The highest BCUT2D eigenvalue weighted by Crippen LogP contribution is 2.17. The molecule has 0 fully saturated rings. The van der Waals surface area contributed by atoms with Crippen LogP contribution < -0.4 is 5.56 Å². The highest BCUT2D eigenvalue weighted by Gasteiger charge is 2.28. The molecule has 1 amide bonds. The first-order valence-corrected chi connectivity index (χ1v) is 6.67. The molecule has 8 nitrogen and oxygen atoms in total. The second kappa shape index (κ2) is 5.27. The fourth-order valence-corrected chi connectivity index (χ4v) is 2.21. The smallest absolute Gasteiger partial charge is 0.410 e. The topological polar surface area (TPSA) is 105 Å². The summed E-state index contributed by atoms with van der Waals surface area (Å²) in [5.74, 6) is -1.10. The molecule has 0 aromatic carbocycles. The summed E-state index contributed by atoms with van der Waals surface area (Å²) in [4.78, 5) is 36.2. The van der Waals surface area contributed by atoms with E-state index in [2.05, 4.69) is 5.10 Å². The van der Waals surface area contributed by atoms with Gasteiger partial charge in [0.15, 0.2) is 0 Å². The molecule has 2 N–H and O–H groups in total. The molecule has 0 aliphatic carbocycles. The normalized spacial score (nSPS) is 14.7. The highest BCUT2D eigenvalue weighted by molar-refractivity contribution is 5.68. The van der Waals surface area contributed by atoms with Crippen molar-refractivity contribution in [1.29, 1.82) is 0 Å². The number of carboxylic acids is 1. The Bertz CT molecular complexity index is 623. The second-order valence-corrected chi connectivity index (χ2v) is 6.01. The van der Waals surface area contributed by atoms with Crippen LogP contribution in [-0.4, -0.2) is 44.0 Å². The molecule has 0 saturated carbocycles. The number of amides is 1. The molecule has 0 atom stereocenters. The zero-order chi connectivity index (χ0) is 15.8. The average Bonchev–Trinajstić information content (AvgIpc) is 2.63. The monoisotopic (exact) mass is 297 g/mol. The summed E-state index contributed by atoms with van der Waals surface area (Å²) in [6.45, 7) is 5.52. The van der Waals surface area contributed by atoms with E-state index in [1.165, 1.54) is 4.90 Å². The lowest BCUT2D eigenvalue weighted by atomic mass is 10.1. The number of aromatic amines is 1. The fraction of sp³-hybridized carbons (Fsp3) is 0.615. The van der Waals surface area contributed by atoms with Gasteiger partial charge in [0.2, 0.25) is 0 Å². The van der Waals surface area contributed by atoms with Crippen LogP contribution in [0.1, 0.15) is 32.0 Å². The third-order valence-electron chi connectivity index (χ3n) is 3.06. The third-order valence-corrected chi connectivity index (χ3v) is 3.06. The molecule has 1 aliphatic rings. The minimum absolute atomic E-state index is 0.214. The van der Waals surface area contributed by atoms with Crippen molar-refractivity contribution in [3.8, 4) is 0 Å². The lowest BCUT2D eigenvalue weighted by Gasteiger charge is -2.29. The fourth-order valence-electron chi connectivity index (χ4n) is 2.21. The number of ether oxygens (including phenoxy) is 1. The molecular formula is C13H19N3O5. The molecule has 8 heteroatoms. The highest BCUT2D eigenvalue weighted by atomic mass is 16.6. The van der Waals surface area contributed by atoms with Gasteiger partial charge in [0.05, 0.1) is 12.2 Å². The van der Waals surface area contributed by atoms with Gasteiger partial charge in [0.25, 0.3) is 5.56 Å². The third kappa shape index (κ3) is 3.45. The number of H-pyrrole nitrogens is 1. The summed E-state index contributed by atoms with van der Waals surface area (Å²) in [6, 6.07) is 0. The van der Waals surface area contributed by atoms with Crippen LogP contribution in [0.5, 0.6) is 0 Å². The summed E-state index contributed by atoms with van der Waals surface area (Å²) < 4.78 is 6.34. The number of aliphatic carboxylic acids is 1. The van der Waals surface area contributed by atoms with Gasteiger partial charge in [-0.3, -0.25) is 14.7 Å². The van der Waals surface area contributed by atoms with E-state index < -0.39 is 24.2 Å². The van der Waals surface area contributed by atoms with E-state index in [1.54, 1.807) is 20.8 Å². The van der Waals surface area contributed by atoms with Gasteiger partial charge in [0, 0.05) is 12.1 Å². The van der Waals surface area contributed by atoms with Gasteiger partial charge >= 0.3 is 12.1 Å². The van der Waals surface area contributed by atoms with Gasteiger partial charge in [-0.25, -0.2) is 9.48 Å². The molecule has 0 radical (unpaired) electrons. The van der Waals surface area contributed by atoms with E-state index in [1.807, 2.05) is 0 Å². The Kier molecular flexibility index (Phi) is 3.80. The Balaban J connectivity index is 2.16. The largest absolute Gasteiger partial charge is 0.480 e. The van der Waals surface area contributed by atoms with Crippen molar-refractivity contribution >= 4 is 12.1 Å². The van der Waals surface area contributed by atoms with Crippen molar-refractivity contribution in [3.05, 3.63) is 21.6 Å². The van der Waals surface area contributed by atoms with Crippen molar-refractivity contribution in [2.45, 2.75) is 45.9 Å². The first kappa shape index (κ1) is 15.1. The molecule has 0 unspecified atom stereocenters.